The molecule has 1 aliphatic heterocycles. The van der Waals surface area contributed by atoms with Crippen LogP contribution in [0.1, 0.15) is 24.5 Å². The van der Waals surface area contributed by atoms with Gasteiger partial charge in [0.1, 0.15) is 10.7 Å². The van der Waals surface area contributed by atoms with Gasteiger partial charge in [0.15, 0.2) is 0 Å². The molecule has 1 aromatic carbocycles. The van der Waals surface area contributed by atoms with E-state index in [0.29, 0.717) is 22.2 Å². The molecule has 7 heteroatoms. The van der Waals surface area contributed by atoms with Crippen molar-refractivity contribution in [2.75, 3.05) is 0 Å². The Morgan fingerprint density at radius 2 is 1.83 bits per heavy atom. The summed E-state index contributed by atoms with van der Waals surface area (Å²) in [7, 11) is 0. The Morgan fingerprint density at radius 1 is 1.12 bits per heavy atom. The second-order valence-corrected chi connectivity index (χ2v) is 6.40. The van der Waals surface area contributed by atoms with Gasteiger partial charge in [0.2, 0.25) is 0 Å². The first-order chi connectivity index (χ1) is 11.5. The highest BCUT2D eigenvalue weighted by Crippen LogP contribution is 2.33. The number of benzene rings is 1. The molecule has 0 spiro atoms. The average Bonchev–Trinajstić information content (AvgIpc) is 2.82. The summed E-state index contributed by atoms with van der Waals surface area (Å²) in [6.45, 7) is 2.00. The number of rotatable bonds is 4. The lowest BCUT2D eigenvalue weighted by Crippen LogP contribution is -2.43. The third-order valence-electron chi connectivity index (χ3n) is 4.17. The van der Waals surface area contributed by atoms with Gasteiger partial charge in [-0.15, -0.1) is 0 Å². The summed E-state index contributed by atoms with van der Waals surface area (Å²) in [5.74, 6) is -0.285. The van der Waals surface area contributed by atoms with Gasteiger partial charge in [0, 0.05) is 11.2 Å². The van der Waals surface area contributed by atoms with Crippen LogP contribution < -0.4 is 5.32 Å². The van der Waals surface area contributed by atoms with Gasteiger partial charge in [0.05, 0.1) is 6.54 Å². The minimum absolute atomic E-state index is 0.143. The number of hydrogen-bond acceptors (Lipinski definition) is 3. The lowest BCUT2D eigenvalue weighted by atomic mass is 9.87. The van der Waals surface area contributed by atoms with E-state index in [9.17, 15) is 9.59 Å². The summed E-state index contributed by atoms with van der Waals surface area (Å²) >= 11 is 11.7. The van der Waals surface area contributed by atoms with E-state index in [1.54, 1.807) is 42.6 Å². The molecule has 124 valence electrons. The van der Waals surface area contributed by atoms with Gasteiger partial charge in [-0.2, -0.15) is 0 Å². The number of nitrogens with zero attached hydrogens (tertiary/aromatic N) is 2. The van der Waals surface area contributed by atoms with Gasteiger partial charge in [-0.1, -0.05) is 48.3 Å². The van der Waals surface area contributed by atoms with Crippen molar-refractivity contribution < 1.29 is 9.59 Å². The first-order valence-corrected chi connectivity index (χ1v) is 8.22. The van der Waals surface area contributed by atoms with E-state index >= 15 is 0 Å². The molecular formula is C17H15Cl2N3O2. The first kappa shape index (κ1) is 16.7. The lowest BCUT2D eigenvalue weighted by molar-refractivity contribution is -0.132. The fraction of sp³-hybridized carbons (Fsp3) is 0.235. The molecule has 1 aliphatic rings. The predicted molar refractivity (Wildman–Crippen MR) is 91.7 cm³/mol. The van der Waals surface area contributed by atoms with E-state index < -0.39 is 11.6 Å². The summed E-state index contributed by atoms with van der Waals surface area (Å²) in [5.41, 5.74) is 0.372. The summed E-state index contributed by atoms with van der Waals surface area (Å²) in [6.07, 6.45) is 1.99. The minimum Gasteiger partial charge on any atom is -0.319 e. The number of carbonyl (C=O) groups excluding carboxylic acids is 2. The van der Waals surface area contributed by atoms with Crippen LogP contribution >= 0.6 is 23.2 Å². The molecule has 2 heterocycles. The molecule has 1 fully saturated rings. The smallest absolute Gasteiger partial charge is 0.319 e. The van der Waals surface area contributed by atoms with Crippen molar-refractivity contribution in [3.8, 4) is 0 Å². The largest absolute Gasteiger partial charge is 0.325 e. The number of halogens is 2. The van der Waals surface area contributed by atoms with Crippen molar-refractivity contribution in [3.05, 3.63) is 63.9 Å². The second kappa shape index (κ2) is 6.42. The van der Waals surface area contributed by atoms with E-state index in [1.165, 1.54) is 4.90 Å². The molecule has 24 heavy (non-hydrogen) atoms. The van der Waals surface area contributed by atoms with Gasteiger partial charge in [0.25, 0.3) is 5.91 Å². The summed E-state index contributed by atoms with van der Waals surface area (Å²) in [4.78, 5) is 30.6. The van der Waals surface area contributed by atoms with Crippen LogP contribution in [0.25, 0.3) is 0 Å². The monoisotopic (exact) mass is 363 g/mol. The van der Waals surface area contributed by atoms with Crippen LogP contribution in [0.2, 0.25) is 10.2 Å². The van der Waals surface area contributed by atoms with Crippen molar-refractivity contribution in [2.45, 2.75) is 25.4 Å². The molecule has 0 saturated carbocycles. The number of imide groups is 1. The van der Waals surface area contributed by atoms with E-state index in [2.05, 4.69) is 10.3 Å². The van der Waals surface area contributed by atoms with Crippen molar-refractivity contribution in [1.82, 2.24) is 15.2 Å². The summed E-state index contributed by atoms with van der Waals surface area (Å²) in [6, 6.07) is 9.88. The number of urea groups is 1. The van der Waals surface area contributed by atoms with Crippen LogP contribution in [-0.2, 0) is 16.9 Å². The Morgan fingerprint density at radius 3 is 2.42 bits per heavy atom. The Hall–Kier alpha value is -2.11. The van der Waals surface area contributed by atoms with Crippen molar-refractivity contribution >= 4 is 35.1 Å². The van der Waals surface area contributed by atoms with Crippen molar-refractivity contribution in [1.29, 1.82) is 0 Å². The molecule has 1 atom stereocenters. The molecule has 0 aliphatic carbocycles. The Bertz CT molecular complexity index is 777. The highest BCUT2D eigenvalue weighted by atomic mass is 35.5. The highest BCUT2D eigenvalue weighted by molar-refractivity contribution is 6.30. The van der Waals surface area contributed by atoms with Gasteiger partial charge < -0.3 is 5.32 Å². The van der Waals surface area contributed by atoms with E-state index in [-0.39, 0.29) is 12.5 Å². The van der Waals surface area contributed by atoms with E-state index in [0.717, 1.165) is 5.56 Å². The summed E-state index contributed by atoms with van der Waals surface area (Å²) in [5, 5.41) is 3.77. The third kappa shape index (κ3) is 2.85. The Labute approximate surface area is 149 Å². The summed E-state index contributed by atoms with van der Waals surface area (Å²) < 4.78 is 0. The Kier molecular flexibility index (Phi) is 4.47. The predicted octanol–water partition coefficient (Wildman–Crippen LogP) is 3.75. The SMILES string of the molecule is CCC1(c2ccc(Cl)cc2)NC(=O)N(Cc2ccc(Cl)nc2)C1=O. The maximum absolute atomic E-state index is 13.0. The van der Waals surface area contributed by atoms with Crippen LogP contribution in [-0.4, -0.2) is 21.8 Å². The van der Waals surface area contributed by atoms with Crippen LogP contribution in [0.15, 0.2) is 42.6 Å². The molecule has 3 amide bonds. The molecule has 0 bridgehead atoms. The van der Waals surface area contributed by atoms with Crippen LogP contribution in [0.4, 0.5) is 4.79 Å². The quantitative estimate of drug-likeness (QED) is 0.664. The average molecular weight is 364 g/mol. The lowest BCUT2D eigenvalue weighted by Gasteiger charge is -2.25. The van der Waals surface area contributed by atoms with Crippen molar-refractivity contribution in [2.24, 2.45) is 0 Å². The first-order valence-electron chi connectivity index (χ1n) is 7.47. The van der Waals surface area contributed by atoms with Crippen molar-refractivity contribution in [3.63, 3.8) is 0 Å². The van der Waals surface area contributed by atoms with E-state index in [4.69, 9.17) is 23.2 Å². The van der Waals surface area contributed by atoms with Gasteiger partial charge >= 0.3 is 6.03 Å². The third-order valence-corrected chi connectivity index (χ3v) is 4.65. The number of amides is 3. The Balaban J connectivity index is 1.91. The van der Waals surface area contributed by atoms with Crippen LogP contribution in [0.5, 0.6) is 0 Å². The van der Waals surface area contributed by atoms with Gasteiger partial charge in [-0.05, 0) is 35.7 Å². The minimum atomic E-state index is -1.07. The fourth-order valence-corrected chi connectivity index (χ4v) is 3.06. The second-order valence-electron chi connectivity index (χ2n) is 5.58. The van der Waals surface area contributed by atoms with E-state index in [1.807, 2.05) is 6.92 Å². The highest BCUT2D eigenvalue weighted by Gasteiger charge is 2.51. The molecule has 2 aromatic rings. The molecule has 1 aromatic heterocycles. The molecule has 1 N–H and O–H groups in total. The fourth-order valence-electron chi connectivity index (χ4n) is 2.83. The number of aromatic nitrogens is 1. The molecule has 1 saturated heterocycles. The zero-order valence-electron chi connectivity index (χ0n) is 12.9. The van der Waals surface area contributed by atoms with Crippen LogP contribution in [0, 0.1) is 0 Å². The number of pyridine rings is 1. The maximum Gasteiger partial charge on any atom is 0.325 e. The number of nitrogens with one attached hydrogen (secondary N) is 1. The molecule has 1 unspecified atom stereocenters. The maximum atomic E-state index is 13.0. The molecule has 0 radical (unpaired) electrons. The molecular weight excluding hydrogens is 349 g/mol. The standard InChI is InChI=1S/C17H15Cl2N3O2/c1-2-17(12-4-6-13(18)7-5-12)15(23)22(16(24)21-17)10-11-3-8-14(19)20-9-11/h3-9H,2,10H2,1H3,(H,21,24). The van der Waals surface area contributed by atoms with Crippen LogP contribution in [0.3, 0.4) is 0 Å². The molecule has 5 nitrogen and oxygen atoms in total. The van der Waals surface area contributed by atoms with Gasteiger partial charge in [-0.3, -0.25) is 9.69 Å². The van der Waals surface area contributed by atoms with Gasteiger partial charge in [-0.25, -0.2) is 9.78 Å². The topological polar surface area (TPSA) is 62.3 Å². The normalized spacial score (nSPS) is 20.4. The number of hydrogen-bond donors (Lipinski definition) is 1. The molecule has 3 rings (SSSR count). The zero-order chi connectivity index (χ0) is 17.3. The number of carbonyl (C=O) groups is 2. The zero-order valence-corrected chi connectivity index (χ0v) is 14.4.